The van der Waals surface area contributed by atoms with E-state index in [9.17, 15) is 0 Å². The highest BCUT2D eigenvalue weighted by atomic mass is 79.9. The van der Waals surface area contributed by atoms with Gasteiger partial charge < -0.3 is 9.42 Å². The standard InChI is InChI=1S/C14H18BrN3O/c1-4-5-14-16-13(17-19-14)9-18(3)11-6-7-12(15)10(2)8-11/h6-8H,4-5,9H2,1-3H3. The Kier molecular flexibility index (Phi) is 4.58. The fraction of sp³-hybridized carbons (Fsp3) is 0.429. The fourth-order valence-corrected chi connectivity index (χ4v) is 2.09. The Balaban J connectivity index is 2.06. The van der Waals surface area contributed by atoms with Crippen molar-refractivity contribution in [1.29, 1.82) is 0 Å². The van der Waals surface area contributed by atoms with E-state index in [-0.39, 0.29) is 0 Å². The summed E-state index contributed by atoms with van der Waals surface area (Å²) in [4.78, 5) is 6.49. The van der Waals surface area contributed by atoms with Crippen LogP contribution in [0.3, 0.4) is 0 Å². The monoisotopic (exact) mass is 323 g/mol. The zero-order valence-corrected chi connectivity index (χ0v) is 13.1. The molecule has 19 heavy (non-hydrogen) atoms. The lowest BCUT2D eigenvalue weighted by molar-refractivity contribution is 0.372. The van der Waals surface area contributed by atoms with Gasteiger partial charge in [0, 0.05) is 23.6 Å². The summed E-state index contributed by atoms with van der Waals surface area (Å²) in [6.07, 6.45) is 1.86. The summed E-state index contributed by atoms with van der Waals surface area (Å²) >= 11 is 3.51. The molecule has 0 saturated heterocycles. The van der Waals surface area contributed by atoms with Gasteiger partial charge in [-0.05, 0) is 37.1 Å². The molecule has 0 atom stereocenters. The van der Waals surface area contributed by atoms with Crippen LogP contribution >= 0.6 is 15.9 Å². The van der Waals surface area contributed by atoms with Crippen LogP contribution in [0.25, 0.3) is 0 Å². The number of nitrogens with zero attached hydrogens (tertiary/aromatic N) is 3. The highest BCUT2D eigenvalue weighted by Gasteiger charge is 2.09. The van der Waals surface area contributed by atoms with Gasteiger partial charge in [0.05, 0.1) is 6.54 Å². The first kappa shape index (κ1) is 14.1. The fourth-order valence-electron chi connectivity index (χ4n) is 1.84. The molecule has 2 aromatic rings. The van der Waals surface area contributed by atoms with Crippen molar-refractivity contribution in [2.24, 2.45) is 0 Å². The Morgan fingerprint density at radius 2 is 2.16 bits per heavy atom. The summed E-state index contributed by atoms with van der Waals surface area (Å²) in [5.74, 6) is 1.45. The van der Waals surface area contributed by atoms with E-state index in [4.69, 9.17) is 4.52 Å². The van der Waals surface area contributed by atoms with Gasteiger partial charge in [-0.1, -0.05) is 28.0 Å². The van der Waals surface area contributed by atoms with E-state index >= 15 is 0 Å². The molecule has 0 unspecified atom stereocenters. The SMILES string of the molecule is CCCc1nc(CN(C)c2ccc(Br)c(C)c2)no1. The minimum Gasteiger partial charge on any atom is -0.367 e. The van der Waals surface area contributed by atoms with Gasteiger partial charge in [-0.2, -0.15) is 4.98 Å². The van der Waals surface area contributed by atoms with E-state index in [1.807, 2.05) is 7.05 Å². The maximum atomic E-state index is 5.19. The molecule has 0 fully saturated rings. The predicted octanol–water partition coefficient (Wildman–Crippen LogP) is 3.73. The van der Waals surface area contributed by atoms with Crippen LogP contribution < -0.4 is 4.90 Å². The minimum absolute atomic E-state index is 0.647. The lowest BCUT2D eigenvalue weighted by atomic mass is 10.2. The molecular weight excluding hydrogens is 306 g/mol. The largest absolute Gasteiger partial charge is 0.367 e. The van der Waals surface area contributed by atoms with Crippen molar-refractivity contribution in [3.05, 3.63) is 40.0 Å². The second-order valence-corrected chi connectivity index (χ2v) is 5.50. The summed E-state index contributed by atoms with van der Waals surface area (Å²) in [6, 6.07) is 6.27. The van der Waals surface area contributed by atoms with E-state index in [0.717, 1.165) is 34.7 Å². The lowest BCUT2D eigenvalue weighted by Crippen LogP contribution is -2.17. The van der Waals surface area contributed by atoms with Crippen molar-refractivity contribution in [2.75, 3.05) is 11.9 Å². The maximum Gasteiger partial charge on any atom is 0.226 e. The Labute approximate surface area is 121 Å². The van der Waals surface area contributed by atoms with Crippen molar-refractivity contribution in [1.82, 2.24) is 10.1 Å². The van der Waals surface area contributed by atoms with Crippen molar-refractivity contribution in [2.45, 2.75) is 33.2 Å². The number of aryl methyl sites for hydroxylation is 2. The zero-order valence-electron chi connectivity index (χ0n) is 11.5. The van der Waals surface area contributed by atoms with Crippen LogP contribution in [0, 0.1) is 6.92 Å². The summed E-state index contributed by atoms with van der Waals surface area (Å²) in [7, 11) is 2.03. The van der Waals surface area contributed by atoms with Gasteiger partial charge in [-0.3, -0.25) is 0 Å². The number of aromatic nitrogens is 2. The van der Waals surface area contributed by atoms with Crippen LogP contribution in [0.1, 0.15) is 30.6 Å². The molecule has 1 aromatic heterocycles. The number of rotatable bonds is 5. The molecule has 1 aromatic carbocycles. The molecule has 0 aliphatic rings. The van der Waals surface area contributed by atoms with E-state index in [2.05, 4.69) is 63.0 Å². The van der Waals surface area contributed by atoms with E-state index in [1.54, 1.807) is 0 Å². The topological polar surface area (TPSA) is 42.2 Å². The van der Waals surface area contributed by atoms with Gasteiger partial charge >= 0.3 is 0 Å². The normalized spacial score (nSPS) is 10.7. The Morgan fingerprint density at radius 3 is 2.84 bits per heavy atom. The number of hydrogen-bond acceptors (Lipinski definition) is 4. The number of halogens is 1. The third-order valence-corrected chi connectivity index (χ3v) is 3.82. The number of hydrogen-bond donors (Lipinski definition) is 0. The minimum atomic E-state index is 0.647. The molecule has 0 radical (unpaired) electrons. The maximum absolute atomic E-state index is 5.19. The molecule has 0 bridgehead atoms. The molecule has 1 heterocycles. The Hall–Kier alpha value is -1.36. The first-order chi connectivity index (χ1) is 9.10. The first-order valence-corrected chi connectivity index (χ1v) is 7.18. The average Bonchev–Trinajstić information content (AvgIpc) is 2.80. The van der Waals surface area contributed by atoms with E-state index in [0.29, 0.717) is 6.54 Å². The predicted molar refractivity (Wildman–Crippen MR) is 79.3 cm³/mol. The van der Waals surface area contributed by atoms with E-state index in [1.165, 1.54) is 5.56 Å². The molecule has 0 N–H and O–H groups in total. The molecule has 0 spiro atoms. The van der Waals surface area contributed by atoms with Gasteiger partial charge in [-0.25, -0.2) is 0 Å². The Morgan fingerprint density at radius 1 is 1.37 bits per heavy atom. The number of benzene rings is 1. The molecule has 5 heteroatoms. The van der Waals surface area contributed by atoms with Crippen molar-refractivity contribution >= 4 is 21.6 Å². The third-order valence-electron chi connectivity index (χ3n) is 2.93. The quantitative estimate of drug-likeness (QED) is 0.840. The molecule has 0 saturated carbocycles. The second-order valence-electron chi connectivity index (χ2n) is 4.64. The van der Waals surface area contributed by atoms with Crippen LogP contribution in [-0.2, 0) is 13.0 Å². The van der Waals surface area contributed by atoms with Gasteiger partial charge in [0.15, 0.2) is 5.82 Å². The first-order valence-electron chi connectivity index (χ1n) is 6.39. The van der Waals surface area contributed by atoms with E-state index < -0.39 is 0 Å². The van der Waals surface area contributed by atoms with Crippen LogP contribution in [0.5, 0.6) is 0 Å². The third kappa shape index (κ3) is 3.56. The highest BCUT2D eigenvalue weighted by Crippen LogP contribution is 2.22. The van der Waals surface area contributed by atoms with Gasteiger partial charge in [0.1, 0.15) is 0 Å². The Bertz CT molecular complexity index is 553. The molecule has 2 rings (SSSR count). The van der Waals surface area contributed by atoms with Crippen molar-refractivity contribution in [3.8, 4) is 0 Å². The molecular formula is C14H18BrN3O. The molecule has 0 aliphatic heterocycles. The van der Waals surface area contributed by atoms with Crippen LogP contribution in [0.4, 0.5) is 5.69 Å². The molecule has 4 nitrogen and oxygen atoms in total. The summed E-state index contributed by atoms with van der Waals surface area (Å²) < 4.78 is 6.31. The number of anilines is 1. The summed E-state index contributed by atoms with van der Waals surface area (Å²) in [5, 5.41) is 4.00. The second kappa shape index (κ2) is 6.19. The average molecular weight is 324 g/mol. The van der Waals surface area contributed by atoms with Gasteiger partial charge in [0.25, 0.3) is 0 Å². The van der Waals surface area contributed by atoms with Crippen LogP contribution in [-0.4, -0.2) is 17.2 Å². The molecule has 0 amide bonds. The van der Waals surface area contributed by atoms with Gasteiger partial charge in [0.2, 0.25) is 5.89 Å². The summed E-state index contributed by atoms with van der Waals surface area (Å²) in [5.41, 5.74) is 2.35. The lowest BCUT2D eigenvalue weighted by Gasteiger charge is -2.18. The molecule has 0 aliphatic carbocycles. The molecule has 102 valence electrons. The van der Waals surface area contributed by atoms with Crippen LogP contribution in [0.2, 0.25) is 0 Å². The smallest absolute Gasteiger partial charge is 0.226 e. The van der Waals surface area contributed by atoms with Crippen molar-refractivity contribution < 1.29 is 4.52 Å². The van der Waals surface area contributed by atoms with Gasteiger partial charge in [-0.15, -0.1) is 0 Å². The summed E-state index contributed by atoms with van der Waals surface area (Å²) in [6.45, 7) is 4.82. The van der Waals surface area contributed by atoms with Crippen molar-refractivity contribution in [3.63, 3.8) is 0 Å². The van der Waals surface area contributed by atoms with Crippen LogP contribution in [0.15, 0.2) is 27.2 Å². The highest BCUT2D eigenvalue weighted by molar-refractivity contribution is 9.10. The zero-order chi connectivity index (χ0) is 13.8.